The second-order valence-electron chi connectivity index (χ2n) is 6.49. The fraction of sp³-hybridized carbons (Fsp3) is 0.455. The molecule has 0 radical (unpaired) electrons. The van der Waals surface area contributed by atoms with Crippen molar-refractivity contribution in [2.24, 2.45) is 5.92 Å². The molecule has 2 aromatic rings. The minimum Gasteiger partial charge on any atom is -0.343 e. The number of amides is 1. The van der Waals surface area contributed by atoms with Gasteiger partial charge in [-0.3, -0.25) is 19.1 Å². The number of fused-ring (bicyclic) bond motifs is 2. The minimum atomic E-state index is -3.85. The van der Waals surface area contributed by atoms with Crippen LogP contribution in [0, 0.1) is 5.92 Å². The predicted octanol–water partition coefficient (Wildman–Crippen LogP) is 3.04. The molecule has 0 N–H and O–H groups in total. The highest BCUT2D eigenvalue weighted by molar-refractivity contribution is 6.03. The lowest BCUT2D eigenvalue weighted by molar-refractivity contribution is -0.134. The molecule has 5 nitrogen and oxygen atoms in total. The van der Waals surface area contributed by atoms with E-state index in [-0.39, 0.29) is 46.2 Å². The predicted molar refractivity (Wildman–Crippen MR) is 108 cm³/mol. The Labute approximate surface area is 182 Å². The molecule has 0 fully saturated rings. The number of likely N-dealkylation sites (N-methyl/N-ethyl adjacent to an activating group) is 1. The molecule has 27 heavy (non-hydrogen) atoms. The van der Waals surface area contributed by atoms with E-state index in [1.807, 2.05) is 0 Å². The van der Waals surface area contributed by atoms with E-state index >= 15 is 0 Å². The van der Waals surface area contributed by atoms with Crippen LogP contribution in [-0.4, -0.2) is 58.7 Å². The summed E-state index contributed by atoms with van der Waals surface area (Å²) >= 11 is 0. The van der Waals surface area contributed by atoms with Crippen LogP contribution in [0.3, 0.4) is 0 Å². The lowest BCUT2D eigenvalue weighted by Crippen LogP contribution is -2.47. The summed E-state index contributed by atoms with van der Waals surface area (Å²) in [6.07, 6.45) is 0.664. The van der Waals surface area contributed by atoms with Crippen LogP contribution in [-0.2, 0) is 11.2 Å². The molecule has 4 rings (SSSR count). The number of carbonyl (C=O) groups is 2. The second-order valence-corrected chi connectivity index (χ2v) is 6.49. The molecule has 142 valence electrons. The Kier molecular flexibility index (Phi) is 1.77. The zero-order valence-electron chi connectivity index (χ0n) is 30.4. The molecule has 0 saturated heterocycles. The van der Waals surface area contributed by atoms with Gasteiger partial charge in [0.2, 0.25) is 11.8 Å². The molecule has 0 saturated carbocycles. The van der Waals surface area contributed by atoms with Gasteiger partial charge in [-0.15, -0.1) is 0 Å². The molecule has 1 aromatic carbocycles. The molecule has 1 amide bonds. The van der Waals surface area contributed by atoms with E-state index < -0.39 is 74.9 Å². The molecule has 2 aliphatic rings. The molecular weight excluding hydrogens is 338 g/mol. The maximum absolute atomic E-state index is 13.9. The molecule has 0 unspecified atom stereocenters. The van der Waals surface area contributed by atoms with Gasteiger partial charge in [0.05, 0.1) is 15.5 Å². The van der Waals surface area contributed by atoms with Gasteiger partial charge in [-0.05, 0) is 49.8 Å². The standard InChI is InChI=1S/C22H27N3O2/c1-5-24(6-2)22(27)16-10-18-17-8-7-9-19-21(17)15(13-25(19)14(3)26)11-20(18)23(4)12-16/h7-10,13,16,20H,5-6,11-12H2,1-4H3/t16-,20-/m1/s1/i1D3,2D3,4D3,5D2,6D2,7D,9D,13D. The van der Waals surface area contributed by atoms with Crippen molar-refractivity contribution >= 4 is 28.3 Å². The van der Waals surface area contributed by atoms with Crippen molar-refractivity contribution in [2.75, 3.05) is 26.5 Å². The maximum atomic E-state index is 13.9. The topological polar surface area (TPSA) is 45.6 Å². The van der Waals surface area contributed by atoms with Gasteiger partial charge >= 0.3 is 0 Å². The van der Waals surface area contributed by atoms with Crippen molar-refractivity contribution < 1.29 is 31.5 Å². The quantitative estimate of drug-likeness (QED) is 0.821. The first-order valence-electron chi connectivity index (χ1n) is 16.2. The van der Waals surface area contributed by atoms with E-state index in [1.54, 1.807) is 0 Å². The SMILES string of the molecule is [2H]c1cc2c3c(c([2H])n(C(C)=O)c3c1[2H])C[C@@H]1C2=C[C@@H](C(=O)N(C([2H])([2H])C([2H])([2H])[2H])C([2H])([2H])C([2H])([2H])[2H])CN1C([2H])([2H])[2H]. The molecule has 1 aliphatic heterocycles. The van der Waals surface area contributed by atoms with Crippen molar-refractivity contribution in [1.82, 2.24) is 14.4 Å². The summed E-state index contributed by atoms with van der Waals surface area (Å²) in [5.74, 6) is -4.07. The summed E-state index contributed by atoms with van der Waals surface area (Å²) in [6, 6.07) is -0.681. The van der Waals surface area contributed by atoms with Crippen LogP contribution in [0.5, 0.6) is 0 Å². The Morgan fingerprint density at radius 1 is 1.41 bits per heavy atom. The van der Waals surface area contributed by atoms with Crippen molar-refractivity contribution in [1.29, 1.82) is 0 Å². The number of rotatable bonds is 3. The Morgan fingerprint density at radius 3 is 2.93 bits per heavy atom. The van der Waals surface area contributed by atoms with Crippen molar-refractivity contribution in [3.05, 3.63) is 41.5 Å². The summed E-state index contributed by atoms with van der Waals surface area (Å²) in [4.78, 5) is 26.8. The summed E-state index contributed by atoms with van der Waals surface area (Å²) in [6.45, 7) is -17.7. The van der Waals surface area contributed by atoms with Gasteiger partial charge in [0.1, 0.15) is 0 Å². The van der Waals surface area contributed by atoms with Crippen LogP contribution < -0.4 is 0 Å². The van der Waals surface area contributed by atoms with Crippen LogP contribution in [0.2, 0.25) is 0 Å². The van der Waals surface area contributed by atoms with Crippen LogP contribution in [0.25, 0.3) is 16.5 Å². The van der Waals surface area contributed by atoms with Crippen LogP contribution in [0.1, 0.15) is 58.5 Å². The minimum absolute atomic E-state index is 0.0660. The lowest BCUT2D eigenvalue weighted by Gasteiger charge is -2.40. The highest BCUT2D eigenvalue weighted by atomic mass is 16.2. The Hall–Kier alpha value is -2.40. The molecular formula is C22H27N3O2. The average Bonchev–Trinajstić information content (AvgIpc) is 3.12. The number of hydrogen-bond donors (Lipinski definition) is 0. The molecule has 0 spiro atoms. The van der Waals surface area contributed by atoms with Crippen LogP contribution >= 0.6 is 0 Å². The first-order chi connectivity index (χ1) is 19.3. The number of hydrogen-bond acceptors (Lipinski definition) is 3. The Balaban J connectivity index is 2.03. The third-order valence-electron chi connectivity index (χ3n) is 4.98. The van der Waals surface area contributed by atoms with Gasteiger partial charge in [-0.25, -0.2) is 0 Å². The first kappa shape index (κ1) is 7.21. The molecule has 0 bridgehead atoms. The van der Waals surface area contributed by atoms with E-state index in [0.717, 1.165) is 22.5 Å². The number of nitrogens with zero attached hydrogens (tertiary/aromatic N) is 3. The fourth-order valence-electron chi connectivity index (χ4n) is 3.79. The smallest absolute Gasteiger partial charge is 0.230 e. The number of carbonyl (C=O) groups excluding carboxylic acids is 2. The molecule has 2 heterocycles. The number of benzene rings is 1. The Morgan fingerprint density at radius 2 is 2.22 bits per heavy atom. The van der Waals surface area contributed by atoms with Gasteiger partial charge in [-0.2, -0.15) is 0 Å². The zero-order valence-corrected chi connectivity index (χ0v) is 14.4. The normalized spacial score (nSPS) is 32.9. The second kappa shape index (κ2) is 6.64. The fourth-order valence-corrected chi connectivity index (χ4v) is 3.79. The zero-order chi connectivity index (χ0) is 33.0. The maximum Gasteiger partial charge on any atom is 0.230 e. The first-order valence-corrected chi connectivity index (χ1v) is 8.24. The van der Waals surface area contributed by atoms with E-state index in [9.17, 15) is 9.59 Å². The molecule has 2 atom stereocenters. The molecule has 1 aliphatic carbocycles. The third kappa shape index (κ3) is 2.72. The summed E-state index contributed by atoms with van der Waals surface area (Å²) < 4.78 is 129. The largest absolute Gasteiger partial charge is 0.343 e. The van der Waals surface area contributed by atoms with E-state index in [2.05, 4.69) is 0 Å². The molecule has 1 aromatic heterocycles. The number of aromatic nitrogens is 1. The molecule has 5 heteroatoms. The summed E-state index contributed by atoms with van der Waals surface area (Å²) in [5.41, 5.74) is 0.305. The van der Waals surface area contributed by atoms with E-state index in [4.69, 9.17) is 21.9 Å². The van der Waals surface area contributed by atoms with E-state index in [0.29, 0.717) is 0 Å². The lowest BCUT2D eigenvalue weighted by atomic mass is 9.79. The van der Waals surface area contributed by atoms with Gasteiger partial charge in [-0.1, -0.05) is 18.2 Å². The van der Waals surface area contributed by atoms with Crippen LogP contribution in [0.4, 0.5) is 0 Å². The van der Waals surface area contributed by atoms with Gasteiger partial charge in [0.25, 0.3) is 0 Å². The van der Waals surface area contributed by atoms with Crippen molar-refractivity contribution in [3.8, 4) is 0 Å². The van der Waals surface area contributed by atoms with Gasteiger partial charge in [0, 0.05) is 61.9 Å². The van der Waals surface area contributed by atoms with E-state index in [1.165, 1.54) is 6.07 Å². The highest BCUT2D eigenvalue weighted by Crippen LogP contribution is 2.41. The van der Waals surface area contributed by atoms with Crippen LogP contribution in [0.15, 0.2) is 30.4 Å². The Bertz CT molecular complexity index is 1520. The summed E-state index contributed by atoms with van der Waals surface area (Å²) in [7, 11) is 0. The highest BCUT2D eigenvalue weighted by Gasteiger charge is 2.37. The van der Waals surface area contributed by atoms with Gasteiger partial charge < -0.3 is 4.90 Å². The van der Waals surface area contributed by atoms with Gasteiger partial charge in [0.15, 0.2) is 0 Å². The monoisotopic (exact) mass is 381 g/mol. The third-order valence-corrected chi connectivity index (χ3v) is 4.98. The summed E-state index contributed by atoms with van der Waals surface area (Å²) in [5, 5.41) is 0.190. The van der Waals surface area contributed by atoms with Crippen molar-refractivity contribution in [3.63, 3.8) is 0 Å². The average molecular weight is 382 g/mol. The van der Waals surface area contributed by atoms with Crippen molar-refractivity contribution in [2.45, 2.75) is 33.1 Å².